The van der Waals surface area contributed by atoms with Crippen molar-refractivity contribution in [3.05, 3.63) is 93.4 Å². The van der Waals surface area contributed by atoms with Gasteiger partial charge in [-0.2, -0.15) is 5.10 Å². The van der Waals surface area contributed by atoms with Crippen LogP contribution in [0.2, 0.25) is 0 Å². The standard InChI is InChI=1S/C22H23N3O4S/c1-15-6-4-5-7-18(15)19(16-8-10-17(11-9-16)30(3,28)29)14-21(24-27)20-12-13-22(26)25(2)23-20/h4-13,19,27H,14H2,1-3H3. The zero-order chi connectivity index (χ0) is 21.9. The highest BCUT2D eigenvalue weighted by molar-refractivity contribution is 7.90. The Hall–Kier alpha value is -3.26. The highest BCUT2D eigenvalue weighted by Gasteiger charge is 2.22. The van der Waals surface area contributed by atoms with Crippen LogP contribution in [0.4, 0.5) is 0 Å². The minimum atomic E-state index is -3.30. The molecule has 1 heterocycles. The van der Waals surface area contributed by atoms with Crippen molar-refractivity contribution in [3.63, 3.8) is 0 Å². The van der Waals surface area contributed by atoms with Crippen LogP contribution in [0, 0.1) is 6.92 Å². The van der Waals surface area contributed by atoms with E-state index < -0.39 is 9.84 Å². The molecule has 1 unspecified atom stereocenters. The Labute approximate surface area is 175 Å². The molecule has 7 nitrogen and oxygen atoms in total. The van der Waals surface area contributed by atoms with Gasteiger partial charge in [0.15, 0.2) is 9.84 Å². The fourth-order valence-electron chi connectivity index (χ4n) is 3.38. The lowest BCUT2D eigenvalue weighted by molar-refractivity contribution is 0.317. The van der Waals surface area contributed by atoms with Gasteiger partial charge in [-0.05, 0) is 41.8 Å². The summed E-state index contributed by atoms with van der Waals surface area (Å²) in [7, 11) is -1.77. The second-order valence-corrected chi connectivity index (χ2v) is 9.20. The minimum Gasteiger partial charge on any atom is -0.411 e. The fourth-order valence-corrected chi connectivity index (χ4v) is 4.01. The molecule has 3 aromatic rings. The molecule has 0 aliphatic rings. The molecule has 1 aromatic heterocycles. The quantitative estimate of drug-likeness (QED) is 0.372. The molecule has 8 heteroatoms. The van der Waals surface area contributed by atoms with Crippen molar-refractivity contribution in [1.82, 2.24) is 9.78 Å². The van der Waals surface area contributed by atoms with Gasteiger partial charge in [-0.25, -0.2) is 13.1 Å². The third kappa shape index (κ3) is 4.65. The van der Waals surface area contributed by atoms with E-state index in [1.807, 2.05) is 31.2 Å². The highest BCUT2D eigenvalue weighted by atomic mass is 32.2. The van der Waals surface area contributed by atoms with Crippen LogP contribution in [0.25, 0.3) is 0 Å². The predicted molar refractivity (Wildman–Crippen MR) is 115 cm³/mol. The zero-order valence-electron chi connectivity index (χ0n) is 17.0. The molecule has 0 saturated carbocycles. The average molecular weight is 426 g/mol. The van der Waals surface area contributed by atoms with Gasteiger partial charge < -0.3 is 5.21 Å². The van der Waals surface area contributed by atoms with Gasteiger partial charge in [0.25, 0.3) is 5.56 Å². The number of sulfone groups is 1. The summed E-state index contributed by atoms with van der Waals surface area (Å²) in [5.74, 6) is -0.204. The number of rotatable bonds is 6. The Morgan fingerprint density at radius 1 is 1.10 bits per heavy atom. The van der Waals surface area contributed by atoms with Crippen LogP contribution in [0.15, 0.2) is 75.5 Å². The number of hydrogen-bond acceptors (Lipinski definition) is 6. The number of nitrogens with zero attached hydrogens (tertiary/aromatic N) is 3. The summed E-state index contributed by atoms with van der Waals surface area (Å²) in [4.78, 5) is 11.9. The summed E-state index contributed by atoms with van der Waals surface area (Å²) in [6.07, 6.45) is 1.48. The molecule has 0 fully saturated rings. The summed E-state index contributed by atoms with van der Waals surface area (Å²) < 4.78 is 24.8. The average Bonchev–Trinajstić information content (AvgIpc) is 2.71. The zero-order valence-corrected chi connectivity index (χ0v) is 17.8. The van der Waals surface area contributed by atoms with Crippen LogP contribution in [0.5, 0.6) is 0 Å². The fraction of sp³-hybridized carbons (Fsp3) is 0.227. The molecule has 0 amide bonds. The summed E-state index contributed by atoms with van der Waals surface area (Å²) in [5.41, 5.74) is 3.42. The number of aryl methyl sites for hydroxylation is 2. The van der Waals surface area contributed by atoms with E-state index in [1.54, 1.807) is 24.3 Å². The molecule has 0 aliphatic carbocycles. The van der Waals surface area contributed by atoms with E-state index in [4.69, 9.17) is 0 Å². The van der Waals surface area contributed by atoms with E-state index >= 15 is 0 Å². The molecule has 0 spiro atoms. The van der Waals surface area contributed by atoms with Crippen molar-refractivity contribution in [2.24, 2.45) is 12.2 Å². The second-order valence-electron chi connectivity index (χ2n) is 7.18. The predicted octanol–water partition coefficient (Wildman–Crippen LogP) is 2.89. The topological polar surface area (TPSA) is 102 Å². The van der Waals surface area contributed by atoms with Crippen molar-refractivity contribution in [2.45, 2.75) is 24.2 Å². The summed E-state index contributed by atoms with van der Waals surface area (Å²) in [5, 5.41) is 17.3. The molecule has 0 radical (unpaired) electrons. The maximum absolute atomic E-state index is 11.8. The Balaban J connectivity index is 2.07. The van der Waals surface area contributed by atoms with Crippen LogP contribution >= 0.6 is 0 Å². The van der Waals surface area contributed by atoms with E-state index in [9.17, 15) is 18.4 Å². The second kappa shape index (κ2) is 8.62. The van der Waals surface area contributed by atoms with Crippen LogP contribution < -0.4 is 5.56 Å². The van der Waals surface area contributed by atoms with Crippen molar-refractivity contribution in [3.8, 4) is 0 Å². The largest absolute Gasteiger partial charge is 0.411 e. The van der Waals surface area contributed by atoms with Gasteiger partial charge in [0.05, 0.1) is 4.90 Å². The van der Waals surface area contributed by atoms with Gasteiger partial charge in [-0.15, -0.1) is 0 Å². The van der Waals surface area contributed by atoms with Gasteiger partial charge >= 0.3 is 0 Å². The van der Waals surface area contributed by atoms with Gasteiger partial charge in [-0.1, -0.05) is 41.6 Å². The lowest BCUT2D eigenvalue weighted by Gasteiger charge is -2.21. The number of aromatic nitrogens is 2. The molecule has 156 valence electrons. The summed E-state index contributed by atoms with van der Waals surface area (Å²) in [6.45, 7) is 1.99. The van der Waals surface area contributed by atoms with Crippen molar-refractivity contribution in [2.75, 3.05) is 6.26 Å². The first kappa shape index (κ1) is 21.4. The molecular formula is C22H23N3O4S. The van der Waals surface area contributed by atoms with E-state index in [1.165, 1.54) is 30.1 Å². The highest BCUT2D eigenvalue weighted by Crippen LogP contribution is 2.32. The van der Waals surface area contributed by atoms with Gasteiger partial charge in [-0.3, -0.25) is 4.79 Å². The van der Waals surface area contributed by atoms with E-state index in [2.05, 4.69) is 10.3 Å². The third-order valence-corrected chi connectivity index (χ3v) is 6.18. The third-order valence-electron chi connectivity index (χ3n) is 5.05. The van der Waals surface area contributed by atoms with Gasteiger partial charge in [0.2, 0.25) is 0 Å². The maximum atomic E-state index is 11.8. The first-order valence-electron chi connectivity index (χ1n) is 9.32. The number of benzene rings is 2. The summed E-state index contributed by atoms with van der Waals surface area (Å²) in [6, 6.07) is 17.5. The lowest BCUT2D eigenvalue weighted by Crippen LogP contribution is -2.22. The smallest absolute Gasteiger partial charge is 0.266 e. The molecule has 3 rings (SSSR count). The normalized spacial score (nSPS) is 13.2. The maximum Gasteiger partial charge on any atom is 0.266 e. The first-order chi connectivity index (χ1) is 14.2. The Morgan fingerprint density at radius 3 is 2.33 bits per heavy atom. The molecule has 0 saturated heterocycles. The molecule has 0 aliphatic heterocycles. The van der Waals surface area contributed by atoms with Crippen LogP contribution in [-0.2, 0) is 16.9 Å². The van der Waals surface area contributed by atoms with Crippen molar-refractivity contribution >= 4 is 15.5 Å². The Morgan fingerprint density at radius 2 is 1.77 bits per heavy atom. The van der Waals surface area contributed by atoms with E-state index in [-0.39, 0.29) is 16.4 Å². The molecule has 0 bridgehead atoms. The molecule has 30 heavy (non-hydrogen) atoms. The number of hydrogen-bond donors (Lipinski definition) is 1. The van der Waals surface area contributed by atoms with Crippen LogP contribution in [0.1, 0.15) is 34.7 Å². The number of oxime groups is 1. The molecular weight excluding hydrogens is 402 g/mol. The molecule has 2 aromatic carbocycles. The van der Waals surface area contributed by atoms with Crippen molar-refractivity contribution < 1.29 is 13.6 Å². The van der Waals surface area contributed by atoms with E-state index in [0.29, 0.717) is 17.8 Å². The Kier molecular flexibility index (Phi) is 6.17. The van der Waals surface area contributed by atoms with E-state index in [0.717, 1.165) is 16.7 Å². The Bertz CT molecular complexity index is 1250. The monoisotopic (exact) mass is 425 g/mol. The first-order valence-corrected chi connectivity index (χ1v) is 11.2. The van der Waals surface area contributed by atoms with Gasteiger partial charge in [0, 0.05) is 31.7 Å². The lowest BCUT2D eigenvalue weighted by atomic mass is 9.84. The van der Waals surface area contributed by atoms with Crippen LogP contribution in [0.3, 0.4) is 0 Å². The SMILES string of the molecule is Cc1ccccc1C(CC(=NO)c1ccc(=O)n(C)n1)c1ccc(S(C)(=O)=O)cc1. The van der Waals surface area contributed by atoms with Crippen LogP contribution in [-0.4, -0.2) is 35.4 Å². The molecule has 1 N–H and O–H groups in total. The van der Waals surface area contributed by atoms with Crippen molar-refractivity contribution in [1.29, 1.82) is 0 Å². The molecule has 1 atom stereocenters. The minimum absolute atomic E-state index is 0.204. The summed E-state index contributed by atoms with van der Waals surface area (Å²) >= 11 is 0. The van der Waals surface area contributed by atoms with Gasteiger partial charge in [0.1, 0.15) is 11.4 Å².